The van der Waals surface area contributed by atoms with Crippen LogP contribution < -0.4 is 4.74 Å². The molecule has 2 aromatic heterocycles. The van der Waals surface area contributed by atoms with Gasteiger partial charge < -0.3 is 9.64 Å². The molecule has 0 radical (unpaired) electrons. The molecule has 0 spiro atoms. The number of benzene rings is 1. The molecular weight excluding hydrogens is 352 g/mol. The summed E-state index contributed by atoms with van der Waals surface area (Å²) < 4.78 is 7.63. The van der Waals surface area contributed by atoms with Crippen molar-refractivity contribution in [2.45, 2.75) is 38.5 Å². The van der Waals surface area contributed by atoms with Crippen LogP contribution in [0.2, 0.25) is 0 Å². The van der Waals surface area contributed by atoms with Crippen molar-refractivity contribution in [2.24, 2.45) is 0 Å². The molecule has 1 saturated heterocycles. The minimum Gasteiger partial charge on any atom is -0.488 e. The number of para-hydroxylation sites is 1. The number of pyridine rings is 1. The molecule has 2 aliphatic rings. The van der Waals surface area contributed by atoms with E-state index in [1.54, 1.807) is 6.20 Å². The molecule has 1 fully saturated rings. The summed E-state index contributed by atoms with van der Waals surface area (Å²) in [7, 11) is 0. The van der Waals surface area contributed by atoms with E-state index in [4.69, 9.17) is 4.74 Å². The van der Waals surface area contributed by atoms with E-state index in [-0.39, 0.29) is 18.5 Å². The second-order valence-corrected chi connectivity index (χ2v) is 7.35. The molecule has 6 heteroatoms. The first-order valence-electron chi connectivity index (χ1n) is 9.77. The number of hydrogen-bond acceptors (Lipinski definition) is 4. The lowest BCUT2D eigenvalue weighted by molar-refractivity contribution is -0.135. The molecular formula is C22H22N4O2. The average Bonchev–Trinajstić information content (AvgIpc) is 3.17. The zero-order valence-electron chi connectivity index (χ0n) is 15.6. The zero-order valence-corrected chi connectivity index (χ0v) is 15.6. The molecule has 28 heavy (non-hydrogen) atoms. The molecule has 4 heterocycles. The molecule has 0 N–H and O–H groups in total. The van der Waals surface area contributed by atoms with Crippen LogP contribution in [0, 0.1) is 0 Å². The van der Waals surface area contributed by atoms with Crippen LogP contribution in [0.15, 0.2) is 55.0 Å². The van der Waals surface area contributed by atoms with Gasteiger partial charge in [0.15, 0.2) is 0 Å². The lowest BCUT2D eigenvalue weighted by Gasteiger charge is -2.36. The molecule has 0 bridgehead atoms. The van der Waals surface area contributed by atoms with Crippen LogP contribution >= 0.6 is 0 Å². The van der Waals surface area contributed by atoms with Gasteiger partial charge in [0.2, 0.25) is 5.91 Å². The molecule has 1 unspecified atom stereocenters. The van der Waals surface area contributed by atoms with Crippen molar-refractivity contribution in [3.8, 4) is 17.0 Å². The van der Waals surface area contributed by atoms with Crippen LogP contribution in [0.25, 0.3) is 11.3 Å². The van der Waals surface area contributed by atoms with Gasteiger partial charge in [0, 0.05) is 30.1 Å². The molecule has 5 rings (SSSR count). The summed E-state index contributed by atoms with van der Waals surface area (Å²) in [5.74, 6) is 0.943. The smallest absolute Gasteiger partial charge is 0.244 e. The monoisotopic (exact) mass is 374 g/mol. The lowest BCUT2D eigenvalue weighted by Crippen LogP contribution is -2.40. The van der Waals surface area contributed by atoms with Crippen molar-refractivity contribution in [1.82, 2.24) is 19.7 Å². The molecule has 6 nitrogen and oxygen atoms in total. The van der Waals surface area contributed by atoms with Gasteiger partial charge in [-0.15, -0.1) is 0 Å². The molecule has 0 aliphatic carbocycles. The first-order chi connectivity index (χ1) is 13.8. The Bertz CT molecular complexity index is 999. The van der Waals surface area contributed by atoms with Gasteiger partial charge in [0.25, 0.3) is 0 Å². The number of carbonyl (C=O) groups is 1. The quantitative estimate of drug-likeness (QED) is 0.703. The zero-order chi connectivity index (χ0) is 18.9. The van der Waals surface area contributed by atoms with Gasteiger partial charge in [-0.2, -0.15) is 5.10 Å². The minimum atomic E-state index is 0.0944. The third kappa shape index (κ3) is 2.95. The Morgan fingerprint density at radius 3 is 2.96 bits per heavy atom. The van der Waals surface area contributed by atoms with E-state index in [0.717, 1.165) is 53.9 Å². The minimum absolute atomic E-state index is 0.0944. The molecule has 142 valence electrons. The van der Waals surface area contributed by atoms with E-state index >= 15 is 0 Å². The van der Waals surface area contributed by atoms with Crippen molar-refractivity contribution in [2.75, 3.05) is 6.54 Å². The Morgan fingerprint density at radius 2 is 2.07 bits per heavy atom. The molecule has 0 saturated carbocycles. The Hall–Kier alpha value is -3.15. The van der Waals surface area contributed by atoms with E-state index < -0.39 is 0 Å². The topological polar surface area (TPSA) is 60.3 Å². The first-order valence-corrected chi connectivity index (χ1v) is 9.77. The highest BCUT2D eigenvalue weighted by atomic mass is 16.5. The summed E-state index contributed by atoms with van der Waals surface area (Å²) in [5, 5.41) is 4.51. The number of ether oxygens (including phenoxy) is 1. The van der Waals surface area contributed by atoms with E-state index in [9.17, 15) is 4.79 Å². The number of fused-ring (bicyclic) bond motifs is 3. The van der Waals surface area contributed by atoms with Gasteiger partial charge >= 0.3 is 0 Å². The fraction of sp³-hybridized carbons (Fsp3) is 0.318. The van der Waals surface area contributed by atoms with Crippen molar-refractivity contribution in [3.05, 3.63) is 66.1 Å². The molecule has 1 amide bonds. The van der Waals surface area contributed by atoms with Crippen molar-refractivity contribution in [1.29, 1.82) is 0 Å². The van der Waals surface area contributed by atoms with E-state index in [0.29, 0.717) is 6.61 Å². The standard InChI is InChI=1S/C22H22N4O2/c27-21(25-11-4-3-8-19(25)16-6-5-10-23-12-16)14-26-22-17(13-24-26)15-28-20-9-2-1-7-18(20)22/h1-2,5-7,9-10,12-13,19H,3-4,8,11,14-15H2. The highest BCUT2D eigenvalue weighted by Gasteiger charge is 2.30. The maximum atomic E-state index is 13.3. The number of likely N-dealkylation sites (tertiary alicyclic amines) is 1. The highest BCUT2D eigenvalue weighted by molar-refractivity contribution is 5.79. The largest absolute Gasteiger partial charge is 0.488 e. The van der Waals surface area contributed by atoms with Crippen LogP contribution in [0.5, 0.6) is 5.75 Å². The summed E-state index contributed by atoms with van der Waals surface area (Å²) in [6.07, 6.45) is 8.61. The third-order valence-corrected chi connectivity index (χ3v) is 5.62. The fourth-order valence-electron chi connectivity index (χ4n) is 4.27. The highest BCUT2D eigenvalue weighted by Crippen LogP contribution is 2.37. The first kappa shape index (κ1) is 17.0. The van der Waals surface area contributed by atoms with Crippen LogP contribution in [0.3, 0.4) is 0 Å². The number of hydrogen-bond donors (Lipinski definition) is 0. The predicted octanol–water partition coefficient (Wildman–Crippen LogP) is 3.59. The normalized spacial score (nSPS) is 18.1. The number of aromatic nitrogens is 3. The Balaban J connectivity index is 1.43. The number of rotatable bonds is 3. The van der Waals surface area contributed by atoms with Crippen LogP contribution in [0.1, 0.15) is 36.4 Å². The predicted molar refractivity (Wildman–Crippen MR) is 105 cm³/mol. The fourth-order valence-corrected chi connectivity index (χ4v) is 4.27. The summed E-state index contributed by atoms with van der Waals surface area (Å²) in [6, 6.07) is 12.0. The van der Waals surface area contributed by atoms with Gasteiger partial charge in [-0.1, -0.05) is 18.2 Å². The Kier molecular flexibility index (Phi) is 4.31. The van der Waals surface area contributed by atoms with Gasteiger partial charge in [0.1, 0.15) is 18.9 Å². The van der Waals surface area contributed by atoms with Gasteiger partial charge in [0.05, 0.1) is 17.9 Å². The van der Waals surface area contributed by atoms with Gasteiger partial charge in [-0.05, 0) is 43.0 Å². The molecule has 1 aromatic carbocycles. The second-order valence-electron chi connectivity index (χ2n) is 7.35. The number of nitrogens with zero attached hydrogens (tertiary/aromatic N) is 4. The number of carbonyl (C=O) groups excluding carboxylic acids is 1. The number of piperidine rings is 1. The third-order valence-electron chi connectivity index (χ3n) is 5.62. The van der Waals surface area contributed by atoms with Crippen molar-refractivity contribution in [3.63, 3.8) is 0 Å². The summed E-state index contributed by atoms with van der Waals surface area (Å²) in [6.45, 7) is 1.50. The van der Waals surface area contributed by atoms with E-state index in [1.807, 2.05) is 52.3 Å². The molecule has 1 atom stereocenters. The number of amides is 1. The molecule has 3 aromatic rings. The summed E-state index contributed by atoms with van der Waals surface area (Å²) in [5.41, 5.74) is 4.12. The maximum Gasteiger partial charge on any atom is 0.244 e. The van der Waals surface area contributed by atoms with Crippen molar-refractivity contribution < 1.29 is 9.53 Å². The summed E-state index contributed by atoms with van der Waals surface area (Å²) in [4.78, 5) is 19.5. The van der Waals surface area contributed by atoms with Crippen molar-refractivity contribution >= 4 is 5.91 Å². The van der Waals surface area contributed by atoms with E-state index in [2.05, 4.69) is 16.1 Å². The Labute approximate surface area is 163 Å². The van der Waals surface area contributed by atoms with Crippen LogP contribution in [-0.4, -0.2) is 32.1 Å². The second kappa shape index (κ2) is 7.11. The lowest BCUT2D eigenvalue weighted by atomic mass is 9.96. The average molecular weight is 374 g/mol. The SMILES string of the molecule is O=C(Cn1ncc2c1-c1ccccc1OC2)N1CCCCC1c1cccnc1. The van der Waals surface area contributed by atoms with E-state index in [1.165, 1.54) is 0 Å². The van der Waals surface area contributed by atoms with Gasteiger partial charge in [-0.25, -0.2) is 0 Å². The maximum absolute atomic E-state index is 13.3. The van der Waals surface area contributed by atoms with Crippen LogP contribution in [-0.2, 0) is 17.9 Å². The van der Waals surface area contributed by atoms with Gasteiger partial charge in [-0.3, -0.25) is 14.5 Å². The Morgan fingerprint density at radius 1 is 1.14 bits per heavy atom. The van der Waals surface area contributed by atoms with Crippen LogP contribution in [0.4, 0.5) is 0 Å². The molecule has 2 aliphatic heterocycles. The summed E-state index contributed by atoms with van der Waals surface area (Å²) >= 11 is 0.